The molecule has 0 aliphatic carbocycles. The highest BCUT2D eigenvalue weighted by Crippen LogP contribution is 2.43. The Morgan fingerprint density at radius 2 is 1.72 bits per heavy atom. The van der Waals surface area contributed by atoms with Gasteiger partial charge in [-0.05, 0) is 56.2 Å². The second-order valence-electron chi connectivity index (χ2n) is 8.27. The van der Waals surface area contributed by atoms with Crippen LogP contribution in [0.25, 0.3) is 5.76 Å². The first kappa shape index (κ1) is 25.4. The lowest BCUT2D eigenvalue weighted by Crippen LogP contribution is -2.31. The molecule has 192 valence electrons. The van der Waals surface area contributed by atoms with Crippen LogP contribution in [0.2, 0.25) is 0 Å². The minimum absolute atomic E-state index is 0.000651. The summed E-state index contributed by atoms with van der Waals surface area (Å²) in [4.78, 5) is 27.9. The van der Waals surface area contributed by atoms with Crippen molar-refractivity contribution in [1.29, 1.82) is 0 Å². The molecule has 1 atom stereocenters. The minimum atomic E-state index is -0.815. The quantitative estimate of drug-likeness (QED) is 0.229. The number of carbonyl (C=O) groups excluding carboxylic acids is 2. The summed E-state index contributed by atoms with van der Waals surface area (Å²) < 4.78 is 27.8. The number of hydrogen-bond acceptors (Lipinski definition) is 8. The summed E-state index contributed by atoms with van der Waals surface area (Å²) >= 11 is 0. The van der Waals surface area contributed by atoms with Crippen molar-refractivity contribution >= 4 is 17.4 Å². The van der Waals surface area contributed by atoms with Gasteiger partial charge in [0.2, 0.25) is 0 Å². The van der Waals surface area contributed by atoms with Gasteiger partial charge in [0.1, 0.15) is 19.0 Å². The van der Waals surface area contributed by atoms with Crippen molar-refractivity contribution < 1.29 is 38.4 Å². The van der Waals surface area contributed by atoms with Gasteiger partial charge in [-0.1, -0.05) is 6.07 Å². The molecule has 2 aliphatic rings. The zero-order valence-electron chi connectivity index (χ0n) is 20.7. The number of ketones is 1. The van der Waals surface area contributed by atoms with Gasteiger partial charge in [0.15, 0.2) is 23.0 Å². The van der Waals surface area contributed by atoms with Crippen molar-refractivity contribution in [2.24, 2.45) is 0 Å². The zero-order chi connectivity index (χ0) is 25.7. The predicted octanol–water partition coefficient (Wildman–Crippen LogP) is 3.71. The Morgan fingerprint density at radius 1 is 1.00 bits per heavy atom. The van der Waals surface area contributed by atoms with E-state index in [4.69, 9.17) is 23.7 Å². The van der Waals surface area contributed by atoms with Crippen molar-refractivity contribution in [2.45, 2.75) is 26.3 Å². The van der Waals surface area contributed by atoms with E-state index in [1.54, 1.807) is 43.5 Å². The number of Topliss-reactive ketones (excluding diaryl/α,β-unsaturated/α-hetero) is 1. The summed E-state index contributed by atoms with van der Waals surface area (Å²) in [7, 11) is 1.58. The third-order valence-corrected chi connectivity index (χ3v) is 5.99. The molecule has 2 heterocycles. The van der Waals surface area contributed by atoms with Gasteiger partial charge in [0, 0.05) is 25.8 Å². The van der Waals surface area contributed by atoms with Gasteiger partial charge in [0.25, 0.3) is 11.7 Å². The standard InChI is InChI=1S/C27H31NO8/c1-4-33-19-9-7-17(15-21(19)34-5-2)24-23(26(30)27(31)28(24)11-6-12-32-3)25(29)18-8-10-20-22(16-18)36-14-13-35-20/h7-10,15-16,24,29H,4-6,11-14H2,1-3H3/b25-23+/t24-/m1/s1. The van der Waals surface area contributed by atoms with Crippen LogP contribution in [0.1, 0.15) is 37.4 Å². The van der Waals surface area contributed by atoms with E-state index in [1.165, 1.54) is 4.90 Å². The number of methoxy groups -OCH3 is 1. The van der Waals surface area contributed by atoms with E-state index in [0.29, 0.717) is 73.6 Å². The van der Waals surface area contributed by atoms with Crippen LogP contribution >= 0.6 is 0 Å². The Hall–Kier alpha value is -3.72. The fourth-order valence-corrected chi connectivity index (χ4v) is 4.42. The summed E-state index contributed by atoms with van der Waals surface area (Å²) in [6.07, 6.45) is 0.527. The maximum absolute atomic E-state index is 13.3. The number of likely N-dealkylation sites (tertiary alicyclic amines) is 1. The molecule has 0 aromatic heterocycles. The van der Waals surface area contributed by atoms with Crippen LogP contribution in [0, 0.1) is 0 Å². The highest BCUT2D eigenvalue weighted by molar-refractivity contribution is 6.46. The summed E-state index contributed by atoms with van der Waals surface area (Å²) in [6, 6.07) is 9.41. The number of amides is 1. The molecule has 2 aromatic rings. The molecular formula is C27H31NO8. The van der Waals surface area contributed by atoms with Crippen molar-refractivity contribution in [3.63, 3.8) is 0 Å². The number of aliphatic hydroxyl groups is 1. The lowest BCUT2D eigenvalue weighted by Gasteiger charge is -2.26. The molecule has 2 aliphatic heterocycles. The number of aliphatic hydroxyl groups excluding tert-OH is 1. The van der Waals surface area contributed by atoms with E-state index in [-0.39, 0.29) is 17.9 Å². The maximum atomic E-state index is 13.3. The molecule has 1 fully saturated rings. The van der Waals surface area contributed by atoms with Gasteiger partial charge < -0.3 is 33.7 Å². The second kappa shape index (κ2) is 11.3. The normalized spacial score (nSPS) is 18.4. The molecule has 1 N–H and O–H groups in total. The summed E-state index contributed by atoms with van der Waals surface area (Å²) in [5.74, 6) is 0.373. The molecule has 0 saturated carbocycles. The van der Waals surface area contributed by atoms with Crippen LogP contribution in [-0.4, -0.2) is 68.4 Å². The maximum Gasteiger partial charge on any atom is 0.295 e. The third kappa shape index (κ3) is 4.97. The first-order chi connectivity index (χ1) is 17.5. The van der Waals surface area contributed by atoms with Crippen LogP contribution in [0.5, 0.6) is 23.0 Å². The van der Waals surface area contributed by atoms with E-state index >= 15 is 0 Å². The van der Waals surface area contributed by atoms with E-state index in [0.717, 1.165) is 0 Å². The average molecular weight is 498 g/mol. The van der Waals surface area contributed by atoms with Crippen LogP contribution in [-0.2, 0) is 14.3 Å². The molecule has 1 saturated heterocycles. The van der Waals surface area contributed by atoms with Gasteiger partial charge in [-0.15, -0.1) is 0 Å². The smallest absolute Gasteiger partial charge is 0.295 e. The lowest BCUT2D eigenvalue weighted by molar-refractivity contribution is -0.140. The number of hydrogen-bond donors (Lipinski definition) is 1. The molecule has 0 unspecified atom stereocenters. The largest absolute Gasteiger partial charge is 0.507 e. The Balaban J connectivity index is 1.82. The van der Waals surface area contributed by atoms with Gasteiger partial charge in [0.05, 0.1) is 24.8 Å². The van der Waals surface area contributed by atoms with E-state index in [1.807, 2.05) is 13.8 Å². The van der Waals surface area contributed by atoms with Crippen LogP contribution < -0.4 is 18.9 Å². The Labute approximate surface area is 210 Å². The Kier molecular flexibility index (Phi) is 8.00. The van der Waals surface area contributed by atoms with Gasteiger partial charge in [-0.2, -0.15) is 0 Å². The van der Waals surface area contributed by atoms with Gasteiger partial charge in [-0.3, -0.25) is 9.59 Å². The molecule has 0 bridgehead atoms. The molecule has 36 heavy (non-hydrogen) atoms. The molecule has 0 radical (unpaired) electrons. The monoisotopic (exact) mass is 497 g/mol. The number of nitrogens with zero attached hydrogens (tertiary/aromatic N) is 1. The number of benzene rings is 2. The molecule has 1 amide bonds. The number of fused-ring (bicyclic) bond motifs is 1. The van der Waals surface area contributed by atoms with Gasteiger partial charge in [-0.25, -0.2) is 0 Å². The van der Waals surface area contributed by atoms with Crippen LogP contribution in [0.3, 0.4) is 0 Å². The number of carbonyl (C=O) groups is 2. The zero-order valence-corrected chi connectivity index (χ0v) is 20.7. The first-order valence-corrected chi connectivity index (χ1v) is 12.1. The molecular weight excluding hydrogens is 466 g/mol. The predicted molar refractivity (Wildman–Crippen MR) is 132 cm³/mol. The van der Waals surface area contributed by atoms with Crippen molar-refractivity contribution in [2.75, 3.05) is 46.7 Å². The minimum Gasteiger partial charge on any atom is -0.507 e. The lowest BCUT2D eigenvalue weighted by atomic mass is 9.94. The topological polar surface area (TPSA) is 104 Å². The molecule has 2 aromatic carbocycles. The van der Waals surface area contributed by atoms with Crippen molar-refractivity contribution in [3.05, 3.63) is 53.1 Å². The first-order valence-electron chi connectivity index (χ1n) is 12.1. The van der Waals surface area contributed by atoms with E-state index in [9.17, 15) is 14.7 Å². The fraction of sp³-hybridized carbons (Fsp3) is 0.407. The molecule has 9 heteroatoms. The van der Waals surface area contributed by atoms with E-state index in [2.05, 4.69) is 0 Å². The number of rotatable bonds is 10. The molecule has 4 rings (SSSR count). The van der Waals surface area contributed by atoms with E-state index < -0.39 is 17.7 Å². The van der Waals surface area contributed by atoms with Crippen molar-refractivity contribution in [1.82, 2.24) is 4.90 Å². The Bertz CT molecular complexity index is 1160. The third-order valence-electron chi connectivity index (χ3n) is 5.99. The summed E-state index contributed by atoms with van der Waals surface area (Å²) in [5, 5.41) is 11.3. The van der Waals surface area contributed by atoms with Gasteiger partial charge >= 0.3 is 0 Å². The second-order valence-corrected chi connectivity index (χ2v) is 8.27. The Morgan fingerprint density at radius 3 is 2.44 bits per heavy atom. The molecule has 9 nitrogen and oxygen atoms in total. The summed E-state index contributed by atoms with van der Waals surface area (Å²) in [6.45, 7) is 6.12. The average Bonchev–Trinajstić information content (AvgIpc) is 3.14. The SMILES string of the molecule is CCOc1ccc([C@@H]2/C(=C(\O)c3ccc4c(c3)OCCO4)C(=O)C(=O)N2CCCOC)cc1OCC. The van der Waals surface area contributed by atoms with Crippen molar-refractivity contribution in [3.8, 4) is 23.0 Å². The highest BCUT2D eigenvalue weighted by Gasteiger charge is 2.46. The van der Waals surface area contributed by atoms with Crippen LogP contribution in [0.4, 0.5) is 0 Å². The highest BCUT2D eigenvalue weighted by atomic mass is 16.6. The fourth-order valence-electron chi connectivity index (χ4n) is 4.42. The van der Waals surface area contributed by atoms with Crippen LogP contribution in [0.15, 0.2) is 42.0 Å². The number of ether oxygens (including phenoxy) is 5. The summed E-state index contributed by atoms with van der Waals surface area (Å²) in [5.41, 5.74) is 0.980. The molecule has 0 spiro atoms.